The van der Waals surface area contributed by atoms with Crippen LogP contribution in [0.3, 0.4) is 0 Å². The highest BCUT2D eigenvalue weighted by Crippen LogP contribution is 2.29. The topological polar surface area (TPSA) is 68.0 Å². The van der Waals surface area contributed by atoms with E-state index in [0.717, 1.165) is 36.6 Å². The van der Waals surface area contributed by atoms with Crippen LogP contribution in [-0.4, -0.2) is 25.8 Å². The Kier molecular flexibility index (Phi) is 2.81. The number of carbonyl (C=O) groups is 1. The smallest absolute Gasteiger partial charge is 0.335 e. The van der Waals surface area contributed by atoms with Gasteiger partial charge in [-0.1, -0.05) is 19.1 Å². The number of fused-ring (bicyclic) bond motifs is 1. The van der Waals surface area contributed by atoms with Gasteiger partial charge in [0.15, 0.2) is 5.82 Å². The fourth-order valence-electron chi connectivity index (χ4n) is 2.56. The molecule has 2 aromatic rings. The SMILES string of the molecule is CC1CCCn2c(-c3ccc(C(=O)O)cc3)nnc21. The highest BCUT2D eigenvalue weighted by atomic mass is 16.4. The van der Waals surface area contributed by atoms with Crippen molar-refractivity contribution in [1.29, 1.82) is 0 Å². The lowest BCUT2D eigenvalue weighted by molar-refractivity contribution is 0.0697. The van der Waals surface area contributed by atoms with Gasteiger partial charge in [-0.25, -0.2) is 4.79 Å². The van der Waals surface area contributed by atoms with Gasteiger partial charge < -0.3 is 9.67 Å². The molecule has 0 bridgehead atoms. The number of nitrogens with zero attached hydrogens (tertiary/aromatic N) is 3. The molecule has 1 aliphatic rings. The van der Waals surface area contributed by atoms with E-state index in [0.29, 0.717) is 5.92 Å². The van der Waals surface area contributed by atoms with E-state index in [1.165, 1.54) is 0 Å². The van der Waals surface area contributed by atoms with Gasteiger partial charge in [0.2, 0.25) is 0 Å². The first-order valence-corrected chi connectivity index (χ1v) is 6.43. The number of carboxylic acid groups (broad SMARTS) is 1. The lowest BCUT2D eigenvalue weighted by Gasteiger charge is -2.20. The van der Waals surface area contributed by atoms with Crippen LogP contribution in [0.4, 0.5) is 0 Å². The first kappa shape index (κ1) is 11.9. The lowest BCUT2D eigenvalue weighted by atomic mass is 10.0. The van der Waals surface area contributed by atoms with Crippen LogP contribution in [0.2, 0.25) is 0 Å². The molecule has 0 radical (unpaired) electrons. The second-order valence-electron chi connectivity index (χ2n) is 4.96. The maximum absolute atomic E-state index is 10.8. The second kappa shape index (κ2) is 4.50. The van der Waals surface area contributed by atoms with Gasteiger partial charge >= 0.3 is 5.97 Å². The Labute approximate surface area is 110 Å². The fraction of sp³-hybridized carbons (Fsp3) is 0.357. The maximum atomic E-state index is 10.8. The summed E-state index contributed by atoms with van der Waals surface area (Å²) < 4.78 is 2.14. The largest absolute Gasteiger partial charge is 0.478 e. The highest BCUT2D eigenvalue weighted by Gasteiger charge is 2.22. The van der Waals surface area contributed by atoms with Crippen molar-refractivity contribution < 1.29 is 9.90 Å². The Hall–Kier alpha value is -2.17. The average molecular weight is 257 g/mol. The van der Waals surface area contributed by atoms with E-state index >= 15 is 0 Å². The van der Waals surface area contributed by atoms with Gasteiger partial charge in [-0.15, -0.1) is 10.2 Å². The Morgan fingerprint density at radius 3 is 2.74 bits per heavy atom. The first-order chi connectivity index (χ1) is 9.16. The minimum absolute atomic E-state index is 0.288. The van der Waals surface area contributed by atoms with E-state index in [2.05, 4.69) is 21.7 Å². The molecule has 0 aliphatic carbocycles. The van der Waals surface area contributed by atoms with Crippen LogP contribution >= 0.6 is 0 Å². The standard InChI is InChI=1S/C14H15N3O2/c1-9-3-2-8-17-12(9)15-16-13(17)10-4-6-11(7-5-10)14(18)19/h4-7,9H,2-3,8H2,1H3,(H,18,19). The van der Waals surface area contributed by atoms with Gasteiger partial charge in [-0.05, 0) is 25.0 Å². The predicted molar refractivity (Wildman–Crippen MR) is 70.1 cm³/mol. The minimum Gasteiger partial charge on any atom is -0.478 e. The molecular formula is C14H15N3O2. The van der Waals surface area contributed by atoms with Crippen LogP contribution in [-0.2, 0) is 6.54 Å². The number of hydrogen-bond donors (Lipinski definition) is 1. The summed E-state index contributed by atoms with van der Waals surface area (Å²) in [5, 5.41) is 17.4. The van der Waals surface area contributed by atoms with Gasteiger partial charge in [0.25, 0.3) is 0 Å². The summed E-state index contributed by atoms with van der Waals surface area (Å²) in [4.78, 5) is 10.8. The molecule has 5 nitrogen and oxygen atoms in total. The lowest BCUT2D eigenvalue weighted by Crippen LogP contribution is -2.14. The van der Waals surface area contributed by atoms with Gasteiger partial charge in [0.05, 0.1) is 5.56 Å². The Morgan fingerprint density at radius 2 is 2.05 bits per heavy atom. The molecule has 2 heterocycles. The number of carboxylic acids is 1. The molecule has 1 aromatic carbocycles. The van der Waals surface area contributed by atoms with Crippen molar-refractivity contribution in [3.05, 3.63) is 35.7 Å². The predicted octanol–water partition coefficient (Wildman–Crippen LogP) is 2.54. The van der Waals surface area contributed by atoms with E-state index in [4.69, 9.17) is 5.11 Å². The molecular weight excluding hydrogens is 242 g/mol. The summed E-state index contributed by atoms with van der Waals surface area (Å²) in [5.74, 6) is 1.39. The third kappa shape index (κ3) is 2.01. The van der Waals surface area contributed by atoms with Crippen LogP contribution in [0.1, 0.15) is 41.9 Å². The van der Waals surface area contributed by atoms with Gasteiger partial charge in [-0.2, -0.15) is 0 Å². The number of rotatable bonds is 2. The van der Waals surface area contributed by atoms with Crippen molar-refractivity contribution in [2.75, 3.05) is 0 Å². The van der Waals surface area contributed by atoms with E-state index in [1.54, 1.807) is 24.3 Å². The molecule has 3 rings (SSSR count). The quantitative estimate of drug-likeness (QED) is 0.897. The molecule has 0 saturated heterocycles. The number of aromatic carboxylic acids is 1. The van der Waals surface area contributed by atoms with E-state index in [1.807, 2.05) is 0 Å². The molecule has 0 spiro atoms. The molecule has 19 heavy (non-hydrogen) atoms. The summed E-state index contributed by atoms with van der Waals surface area (Å²) >= 11 is 0. The number of aromatic nitrogens is 3. The van der Waals surface area contributed by atoms with E-state index in [-0.39, 0.29) is 5.56 Å². The second-order valence-corrected chi connectivity index (χ2v) is 4.96. The van der Waals surface area contributed by atoms with Gasteiger partial charge in [0.1, 0.15) is 5.82 Å². The molecule has 98 valence electrons. The van der Waals surface area contributed by atoms with Crippen molar-refractivity contribution in [3.63, 3.8) is 0 Å². The zero-order chi connectivity index (χ0) is 13.4. The molecule has 1 N–H and O–H groups in total. The summed E-state index contributed by atoms with van der Waals surface area (Å²) in [5.41, 5.74) is 1.20. The van der Waals surface area contributed by atoms with Crippen LogP contribution in [0.5, 0.6) is 0 Å². The third-order valence-electron chi connectivity index (χ3n) is 3.63. The van der Waals surface area contributed by atoms with Crippen molar-refractivity contribution >= 4 is 5.97 Å². The summed E-state index contributed by atoms with van der Waals surface area (Å²) in [7, 11) is 0. The molecule has 0 amide bonds. The molecule has 1 aliphatic heterocycles. The maximum Gasteiger partial charge on any atom is 0.335 e. The van der Waals surface area contributed by atoms with Gasteiger partial charge in [-0.3, -0.25) is 0 Å². The van der Waals surface area contributed by atoms with E-state index < -0.39 is 5.97 Å². The van der Waals surface area contributed by atoms with Crippen LogP contribution < -0.4 is 0 Å². The molecule has 1 unspecified atom stereocenters. The number of benzene rings is 1. The summed E-state index contributed by atoms with van der Waals surface area (Å²) in [6.07, 6.45) is 2.28. The molecule has 0 fully saturated rings. The normalized spacial score (nSPS) is 18.1. The monoisotopic (exact) mass is 257 g/mol. The highest BCUT2D eigenvalue weighted by molar-refractivity contribution is 5.88. The Bertz CT molecular complexity index is 616. The Morgan fingerprint density at radius 1 is 1.32 bits per heavy atom. The Balaban J connectivity index is 2.01. The van der Waals surface area contributed by atoms with Crippen LogP contribution in [0.25, 0.3) is 11.4 Å². The summed E-state index contributed by atoms with van der Waals surface area (Å²) in [6, 6.07) is 6.79. The van der Waals surface area contributed by atoms with Crippen molar-refractivity contribution in [2.45, 2.75) is 32.2 Å². The third-order valence-corrected chi connectivity index (χ3v) is 3.63. The molecule has 5 heteroatoms. The van der Waals surface area contributed by atoms with Crippen molar-refractivity contribution in [1.82, 2.24) is 14.8 Å². The zero-order valence-electron chi connectivity index (χ0n) is 10.7. The molecule has 1 atom stereocenters. The van der Waals surface area contributed by atoms with Gasteiger partial charge in [0, 0.05) is 18.0 Å². The first-order valence-electron chi connectivity index (χ1n) is 6.43. The minimum atomic E-state index is -0.913. The number of hydrogen-bond acceptors (Lipinski definition) is 3. The molecule has 0 saturated carbocycles. The van der Waals surface area contributed by atoms with Crippen molar-refractivity contribution in [2.24, 2.45) is 0 Å². The average Bonchev–Trinajstić information content (AvgIpc) is 2.84. The van der Waals surface area contributed by atoms with Crippen LogP contribution in [0, 0.1) is 0 Å². The van der Waals surface area contributed by atoms with E-state index in [9.17, 15) is 4.79 Å². The zero-order valence-corrected chi connectivity index (χ0v) is 10.7. The molecule has 1 aromatic heterocycles. The fourth-order valence-corrected chi connectivity index (χ4v) is 2.56. The summed E-state index contributed by atoms with van der Waals surface area (Å²) in [6.45, 7) is 3.10. The van der Waals surface area contributed by atoms with Crippen molar-refractivity contribution in [3.8, 4) is 11.4 Å². The van der Waals surface area contributed by atoms with Crippen LogP contribution in [0.15, 0.2) is 24.3 Å².